The first-order valence-corrected chi connectivity index (χ1v) is 50.0. The van der Waals surface area contributed by atoms with Crippen molar-refractivity contribution in [3.8, 4) is 65.3 Å². The second-order valence-electron chi connectivity index (χ2n) is 31.4. The number of imidazole rings is 5. The van der Waals surface area contributed by atoms with Crippen LogP contribution in [0, 0.1) is 33.5 Å². The van der Waals surface area contributed by atoms with Gasteiger partial charge in [0.25, 0.3) is 0 Å². The third-order valence-corrected chi connectivity index (χ3v) is 29.5. The highest BCUT2D eigenvalue weighted by molar-refractivity contribution is 9.10. The molecule has 10 aromatic carbocycles. The standard InChI is InChI=1S/2C22H20N2O4S.2C21H17BrN2O3S.C20H13Cl2FN2O3S/c1-14-6-4-5-7-15(14)12-28-19-11-20(29-21(19)22(25)27-3)24-13-23-17-10-16(26-2)8-9-18(17)24;1-14-6-4-5-7-15(14)12-28-19-11-20(29-21(19)22(25)27-3)24-13-23-17-9-8-16(26-2)10-18(17)24;1-13-5-3-4-6-14(13)11-27-18-10-19(28-20(18)21(25)26-2)24-12-23-16-9-15(22)7-8-17(16)24;1-13-5-3-4-6-14(13)11-27-18-10-19(28-20(18)21(25)26-2)24-12-23-16-8-7-15(22)9-17(16)24;1-27-20(26)19-17(28-9-11-2-4-13(23)7-14(11)22)8-18(29-19)25-10-24-15-5-3-12(21)6-16(15)25/h2*4-11,13H,12H2,1-3H3;2*3-10,12H,11H2,1-2H3;2-8,10H,9H2,1H3. The lowest BCUT2D eigenvalue weighted by Gasteiger charge is -2.08. The van der Waals surface area contributed by atoms with Gasteiger partial charge in [-0.15, -0.1) is 56.7 Å². The van der Waals surface area contributed by atoms with Crippen molar-refractivity contribution in [2.45, 2.75) is 60.7 Å². The van der Waals surface area contributed by atoms with Gasteiger partial charge in [-0.2, -0.15) is 0 Å². The molecule has 10 heterocycles. The number of aromatic nitrogens is 10. The molecule has 0 saturated carbocycles. The third-order valence-electron chi connectivity index (χ3n) is 22.5. The molecule has 20 rings (SSSR count). The minimum atomic E-state index is -0.524. The maximum Gasteiger partial charge on any atom is 0.351 e. The molecule has 10 aromatic heterocycles. The number of halogens is 5. The highest BCUT2D eigenvalue weighted by Crippen LogP contribution is 2.43. The lowest BCUT2D eigenvalue weighted by molar-refractivity contribution is 0.0592. The van der Waals surface area contributed by atoms with E-state index in [-0.39, 0.29) is 11.6 Å². The first-order valence-electron chi connectivity index (χ1n) is 43.6. The van der Waals surface area contributed by atoms with E-state index in [0.29, 0.717) is 95.1 Å². The lowest BCUT2D eigenvalue weighted by Crippen LogP contribution is -2.03. The third kappa shape index (κ3) is 23.6. The molecule has 143 heavy (non-hydrogen) atoms. The Labute approximate surface area is 865 Å². The molecule has 728 valence electrons. The smallest absolute Gasteiger partial charge is 0.351 e. The number of nitrogens with zero attached hydrogens (tertiary/aromatic N) is 10. The second kappa shape index (κ2) is 46.5. The van der Waals surface area contributed by atoms with Gasteiger partial charge in [0.15, 0.2) is 24.4 Å². The summed E-state index contributed by atoms with van der Waals surface area (Å²) in [5.74, 6) is 1.18. The molecule has 0 spiro atoms. The van der Waals surface area contributed by atoms with Crippen LogP contribution in [0.4, 0.5) is 4.39 Å². The maximum atomic E-state index is 13.2. The number of carbonyl (C=O) groups excluding carboxylic acids is 5. The average molecular weight is 2180 g/mol. The Balaban J connectivity index is 0.000000128. The first kappa shape index (κ1) is 101. The van der Waals surface area contributed by atoms with Crippen LogP contribution in [0.1, 0.15) is 98.4 Å². The molecule has 27 nitrogen and oxygen atoms in total. The van der Waals surface area contributed by atoms with Gasteiger partial charge in [0.1, 0.15) is 136 Å². The van der Waals surface area contributed by atoms with Gasteiger partial charge in [-0.3, -0.25) is 22.8 Å². The number of aryl methyl sites for hydroxylation is 4. The van der Waals surface area contributed by atoms with Gasteiger partial charge in [0.05, 0.1) is 110 Å². The van der Waals surface area contributed by atoms with Crippen molar-refractivity contribution in [2.75, 3.05) is 49.8 Å². The van der Waals surface area contributed by atoms with E-state index in [1.54, 1.807) is 64.1 Å². The fourth-order valence-electron chi connectivity index (χ4n) is 14.7. The summed E-state index contributed by atoms with van der Waals surface area (Å²) in [5.41, 5.74) is 18.0. The predicted octanol–water partition coefficient (Wildman–Crippen LogP) is 26.5. The van der Waals surface area contributed by atoms with Gasteiger partial charge in [-0.1, -0.05) is 158 Å². The Bertz CT molecular complexity index is 8080. The highest BCUT2D eigenvalue weighted by Gasteiger charge is 2.28. The minimum absolute atomic E-state index is 0.0653. The normalized spacial score (nSPS) is 10.9. The van der Waals surface area contributed by atoms with E-state index < -0.39 is 35.7 Å². The zero-order valence-corrected chi connectivity index (χ0v) is 87.0. The van der Waals surface area contributed by atoms with E-state index in [1.165, 1.54) is 110 Å². The van der Waals surface area contributed by atoms with E-state index in [2.05, 4.69) is 56.8 Å². The van der Waals surface area contributed by atoms with Gasteiger partial charge in [0, 0.05) is 62.0 Å². The van der Waals surface area contributed by atoms with E-state index in [9.17, 15) is 28.4 Å². The Hall–Kier alpha value is -14.5. The van der Waals surface area contributed by atoms with E-state index in [0.717, 1.165) is 140 Å². The van der Waals surface area contributed by atoms with Crippen molar-refractivity contribution >= 4 is 197 Å². The van der Waals surface area contributed by atoms with Gasteiger partial charge in [0.2, 0.25) is 0 Å². The van der Waals surface area contributed by atoms with Crippen LogP contribution in [0.15, 0.2) is 277 Å². The number of hydrogen-bond acceptors (Lipinski definition) is 27. The molecule has 0 atom stereocenters. The SMILES string of the molecule is COC(=O)c1sc(-n2cnc3cc(Br)ccc32)cc1OCc1ccccc1C.COC(=O)c1sc(-n2cnc3cc(OC)ccc32)cc1OCc1ccccc1C.COC(=O)c1sc(-n2cnc3ccc(Br)cc32)cc1OCc1ccccc1C.COC(=O)c1sc(-n2cnc3ccc(Cl)cc32)cc1OCc1ccc(F)cc1Cl.COC(=O)c1sc(-n2cnc3ccc(OC)cc32)cc1OCc1ccccc1C. The Morgan fingerprint density at radius 2 is 0.587 bits per heavy atom. The number of thiophene rings is 5. The van der Waals surface area contributed by atoms with Crippen molar-refractivity contribution in [3.63, 3.8) is 0 Å². The molecule has 37 heteroatoms. The summed E-state index contributed by atoms with van der Waals surface area (Å²) < 4.78 is 89.8. The summed E-state index contributed by atoms with van der Waals surface area (Å²) in [6.45, 7) is 9.70. The average Bonchev–Trinajstić information content (AvgIpc) is 1.65. The summed E-state index contributed by atoms with van der Waals surface area (Å²) in [7, 11) is 10.0. The molecule has 0 fully saturated rings. The quantitative estimate of drug-likeness (QED) is 0.0341. The summed E-state index contributed by atoms with van der Waals surface area (Å²) in [4.78, 5) is 85.6. The zero-order chi connectivity index (χ0) is 101. The number of fused-ring (bicyclic) bond motifs is 5. The van der Waals surface area contributed by atoms with Gasteiger partial charge >= 0.3 is 29.8 Å². The van der Waals surface area contributed by atoms with Crippen molar-refractivity contribution < 1.29 is 85.2 Å². The number of carbonyl (C=O) groups is 5. The van der Waals surface area contributed by atoms with Crippen LogP contribution in [0.25, 0.3) is 80.2 Å². The molecule has 0 bridgehead atoms. The fourth-order valence-corrected chi connectivity index (χ4v) is 20.8. The van der Waals surface area contributed by atoms with Crippen LogP contribution in [0.2, 0.25) is 10.0 Å². The van der Waals surface area contributed by atoms with Crippen LogP contribution in [0.3, 0.4) is 0 Å². The lowest BCUT2D eigenvalue weighted by atomic mass is 10.1. The van der Waals surface area contributed by atoms with E-state index in [1.807, 2.05) is 251 Å². The number of hydrogen-bond donors (Lipinski definition) is 0. The maximum absolute atomic E-state index is 13.2. The Morgan fingerprint density at radius 3 is 0.944 bits per heavy atom. The molecule has 0 radical (unpaired) electrons. The van der Waals surface area contributed by atoms with Crippen molar-refractivity contribution in [3.05, 3.63) is 367 Å². The van der Waals surface area contributed by atoms with Crippen molar-refractivity contribution in [1.82, 2.24) is 47.8 Å². The van der Waals surface area contributed by atoms with Crippen molar-refractivity contribution in [2.24, 2.45) is 0 Å². The number of esters is 5. The van der Waals surface area contributed by atoms with Gasteiger partial charge in [-0.05, 0) is 163 Å². The summed E-state index contributed by atoms with van der Waals surface area (Å²) in [5, 5.41) is 4.82. The number of ether oxygens (including phenoxy) is 12. The second-order valence-corrected chi connectivity index (χ2v) is 39.2. The molecule has 0 N–H and O–H groups in total. The van der Waals surface area contributed by atoms with E-state index >= 15 is 0 Å². The zero-order valence-electron chi connectivity index (χ0n) is 78.3. The van der Waals surface area contributed by atoms with Crippen LogP contribution in [-0.4, -0.2) is 127 Å². The van der Waals surface area contributed by atoms with Crippen LogP contribution >= 0.6 is 112 Å². The molecule has 0 aliphatic rings. The van der Waals surface area contributed by atoms with Crippen molar-refractivity contribution in [1.29, 1.82) is 0 Å². The molecule has 0 aliphatic carbocycles. The van der Waals surface area contributed by atoms with Crippen LogP contribution in [0.5, 0.6) is 40.2 Å². The molecule has 0 aliphatic heterocycles. The minimum Gasteiger partial charge on any atom is -0.497 e. The number of methoxy groups -OCH3 is 7. The summed E-state index contributed by atoms with van der Waals surface area (Å²) in [6.07, 6.45) is 8.59. The van der Waals surface area contributed by atoms with Gasteiger partial charge < -0.3 is 56.8 Å². The highest BCUT2D eigenvalue weighted by atomic mass is 79.9. The number of benzene rings is 10. The predicted molar refractivity (Wildman–Crippen MR) is 563 cm³/mol. The van der Waals surface area contributed by atoms with Crippen LogP contribution in [-0.2, 0) is 56.7 Å². The largest absolute Gasteiger partial charge is 0.497 e. The molecule has 20 aromatic rings. The Morgan fingerprint density at radius 1 is 0.301 bits per heavy atom. The summed E-state index contributed by atoms with van der Waals surface area (Å²) >= 11 is 25.6. The molecule has 0 saturated heterocycles. The first-order chi connectivity index (χ1) is 69.3. The monoisotopic (exact) mass is 2180 g/mol. The number of rotatable bonds is 27. The van der Waals surface area contributed by atoms with Crippen LogP contribution < -0.4 is 33.2 Å². The molecule has 0 unspecified atom stereocenters. The summed E-state index contributed by atoms with van der Waals surface area (Å²) in [6, 6.07) is 73.7. The molecular formula is C106H87Br2Cl2FN10O17S5. The van der Waals surface area contributed by atoms with E-state index in [4.69, 9.17) is 80.0 Å². The van der Waals surface area contributed by atoms with Gasteiger partial charge in [-0.25, -0.2) is 53.3 Å². The molecule has 0 amide bonds. The Kier molecular flexibility index (Phi) is 33.0. The fraction of sp³-hybridized carbons (Fsp3) is 0.151. The molecular weight excluding hydrogens is 2100 g/mol. The topological polar surface area (TPSA) is 285 Å².